The lowest BCUT2D eigenvalue weighted by Crippen LogP contribution is -2.27. The highest BCUT2D eigenvalue weighted by molar-refractivity contribution is 6.32. The molecule has 0 saturated heterocycles. The maximum atomic E-state index is 6.06. The van der Waals surface area contributed by atoms with Crippen molar-refractivity contribution < 1.29 is 4.74 Å². The molecular formula is C11H14ClNO. The fourth-order valence-electron chi connectivity index (χ4n) is 1.97. The van der Waals surface area contributed by atoms with Crippen molar-refractivity contribution in [3.8, 4) is 5.75 Å². The van der Waals surface area contributed by atoms with E-state index in [9.17, 15) is 0 Å². The fourth-order valence-corrected chi connectivity index (χ4v) is 2.20. The van der Waals surface area contributed by atoms with Crippen LogP contribution in [-0.4, -0.2) is 12.6 Å². The number of hydrogen-bond acceptors (Lipinski definition) is 2. The van der Waals surface area contributed by atoms with Gasteiger partial charge in [-0.1, -0.05) is 23.7 Å². The zero-order chi connectivity index (χ0) is 10.1. The van der Waals surface area contributed by atoms with Crippen molar-refractivity contribution in [2.45, 2.75) is 25.4 Å². The maximum Gasteiger partial charge on any atom is 0.141 e. The molecule has 1 aliphatic rings. The van der Waals surface area contributed by atoms with Crippen LogP contribution in [0.15, 0.2) is 18.2 Å². The molecule has 2 unspecified atom stereocenters. The number of nitrogens with two attached hydrogens (primary N) is 1. The minimum atomic E-state index is 0.205. The molecule has 2 N–H and O–H groups in total. The van der Waals surface area contributed by atoms with E-state index in [0.717, 1.165) is 17.7 Å². The number of rotatable bonds is 1. The summed E-state index contributed by atoms with van der Waals surface area (Å²) in [5.74, 6) is 1.20. The Labute approximate surface area is 89.0 Å². The van der Waals surface area contributed by atoms with Gasteiger partial charge in [0, 0.05) is 11.5 Å². The van der Waals surface area contributed by atoms with Gasteiger partial charge < -0.3 is 10.5 Å². The van der Waals surface area contributed by atoms with E-state index >= 15 is 0 Å². The molecule has 0 bridgehead atoms. The van der Waals surface area contributed by atoms with Crippen LogP contribution in [0.5, 0.6) is 5.75 Å². The van der Waals surface area contributed by atoms with E-state index in [0.29, 0.717) is 17.5 Å². The average Bonchev–Trinajstić information content (AvgIpc) is 2.18. The van der Waals surface area contributed by atoms with Crippen LogP contribution in [0.3, 0.4) is 0 Å². The molecule has 1 aromatic rings. The summed E-state index contributed by atoms with van der Waals surface area (Å²) in [5, 5.41) is 0.688. The number of fused-ring (bicyclic) bond motifs is 1. The van der Waals surface area contributed by atoms with E-state index in [4.69, 9.17) is 22.1 Å². The summed E-state index contributed by atoms with van der Waals surface area (Å²) in [4.78, 5) is 0. The summed E-state index contributed by atoms with van der Waals surface area (Å²) >= 11 is 6.06. The van der Waals surface area contributed by atoms with Crippen molar-refractivity contribution in [2.75, 3.05) is 6.54 Å². The minimum absolute atomic E-state index is 0.205. The summed E-state index contributed by atoms with van der Waals surface area (Å²) in [6.45, 7) is 2.70. The van der Waals surface area contributed by atoms with Gasteiger partial charge in [-0.3, -0.25) is 0 Å². The van der Waals surface area contributed by atoms with E-state index in [-0.39, 0.29) is 6.10 Å². The van der Waals surface area contributed by atoms with Gasteiger partial charge in [0.2, 0.25) is 0 Å². The van der Waals surface area contributed by atoms with Crippen LogP contribution in [0.4, 0.5) is 0 Å². The molecule has 2 nitrogen and oxygen atoms in total. The average molecular weight is 212 g/mol. The molecule has 0 spiro atoms. The lowest BCUT2D eigenvalue weighted by atomic mass is 9.90. The van der Waals surface area contributed by atoms with Crippen LogP contribution in [0.1, 0.15) is 24.8 Å². The van der Waals surface area contributed by atoms with Crippen LogP contribution in [0.2, 0.25) is 5.02 Å². The van der Waals surface area contributed by atoms with Gasteiger partial charge in [-0.05, 0) is 26.0 Å². The third-order valence-corrected chi connectivity index (χ3v) is 2.95. The number of para-hydroxylation sites is 1. The molecule has 0 fully saturated rings. The van der Waals surface area contributed by atoms with Crippen molar-refractivity contribution in [3.63, 3.8) is 0 Å². The molecule has 0 saturated carbocycles. The molecule has 2 rings (SSSR count). The fraction of sp³-hybridized carbons (Fsp3) is 0.455. The molecule has 1 heterocycles. The standard InChI is InChI=1S/C11H14ClNO/c1-7-5-8(6-13)9-3-2-4-10(12)11(9)14-7/h2-4,7-8H,5-6,13H2,1H3. The van der Waals surface area contributed by atoms with Crippen molar-refractivity contribution in [2.24, 2.45) is 5.73 Å². The summed E-state index contributed by atoms with van der Waals surface area (Å²) in [6, 6.07) is 5.85. The van der Waals surface area contributed by atoms with Gasteiger partial charge in [0.05, 0.1) is 11.1 Å². The molecule has 1 aliphatic heterocycles. The third kappa shape index (κ3) is 1.60. The normalized spacial score (nSPS) is 25.4. The highest BCUT2D eigenvalue weighted by Crippen LogP contribution is 2.40. The van der Waals surface area contributed by atoms with Crippen LogP contribution < -0.4 is 10.5 Å². The molecular weight excluding hydrogens is 198 g/mol. The first-order valence-corrected chi connectivity index (χ1v) is 5.25. The monoisotopic (exact) mass is 211 g/mol. The molecule has 0 radical (unpaired) electrons. The molecule has 2 atom stereocenters. The first-order chi connectivity index (χ1) is 6.72. The molecule has 0 aliphatic carbocycles. The molecule has 14 heavy (non-hydrogen) atoms. The number of hydrogen-bond donors (Lipinski definition) is 1. The Hall–Kier alpha value is -0.730. The Morgan fingerprint density at radius 2 is 2.36 bits per heavy atom. The van der Waals surface area contributed by atoms with E-state index in [2.05, 4.69) is 6.92 Å². The van der Waals surface area contributed by atoms with E-state index in [1.165, 1.54) is 0 Å². The SMILES string of the molecule is CC1CC(CN)c2cccc(Cl)c2O1. The van der Waals surface area contributed by atoms with Crippen molar-refractivity contribution in [1.29, 1.82) is 0 Å². The summed E-state index contributed by atoms with van der Waals surface area (Å²) in [6.07, 6.45) is 1.18. The van der Waals surface area contributed by atoms with Gasteiger partial charge in [-0.25, -0.2) is 0 Å². The van der Waals surface area contributed by atoms with Crippen LogP contribution in [0.25, 0.3) is 0 Å². The van der Waals surface area contributed by atoms with Crippen molar-refractivity contribution in [1.82, 2.24) is 0 Å². The lowest BCUT2D eigenvalue weighted by molar-refractivity contribution is 0.177. The number of ether oxygens (including phenoxy) is 1. The Morgan fingerprint density at radius 1 is 1.57 bits per heavy atom. The molecule has 0 amide bonds. The van der Waals surface area contributed by atoms with Crippen LogP contribution in [-0.2, 0) is 0 Å². The van der Waals surface area contributed by atoms with E-state index in [1.807, 2.05) is 18.2 Å². The van der Waals surface area contributed by atoms with E-state index in [1.54, 1.807) is 0 Å². The minimum Gasteiger partial charge on any atom is -0.489 e. The van der Waals surface area contributed by atoms with Crippen LogP contribution >= 0.6 is 11.6 Å². The Kier molecular flexibility index (Phi) is 2.66. The second-order valence-electron chi connectivity index (χ2n) is 3.75. The van der Waals surface area contributed by atoms with Crippen molar-refractivity contribution >= 4 is 11.6 Å². The second kappa shape index (κ2) is 3.79. The highest BCUT2D eigenvalue weighted by atomic mass is 35.5. The predicted molar refractivity (Wildman–Crippen MR) is 58.0 cm³/mol. The summed E-state index contributed by atoms with van der Waals surface area (Å²) < 4.78 is 5.71. The maximum absolute atomic E-state index is 6.06. The zero-order valence-corrected chi connectivity index (χ0v) is 8.92. The Morgan fingerprint density at radius 3 is 3.07 bits per heavy atom. The first-order valence-electron chi connectivity index (χ1n) is 4.87. The quantitative estimate of drug-likeness (QED) is 0.775. The molecule has 1 aromatic carbocycles. The lowest BCUT2D eigenvalue weighted by Gasteiger charge is -2.30. The number of halogens is 1. The van der Waals surface area contributed by atoms with Gasteiger partial charge in [0.1, 0.15) is 5.75 Å². The Balaban J connectivity index is 2.45. The summed E-state index contributed by atoms with van der Waals surface area (Å²) in [7, 11) is 0. The second-order valence-corrected chi connectivity index (χ2v) is 4.16. The summed E-state index contributed by atoms with van der Waals surface area (Å²) in [5.41, 5.74) is 6.88. The van der Waals surface area contributed by atoms with Gasteiger partial charge in [0.15, 0.2) is 0 Å². The van der Waals surface area contributed by atoms with E-state index < -0.39 is 0 Å². The van der Waals surface area contributed by atoms with Gasteiger partial charge in [-0.2, -0.15) is 0 Å². The molecule has 76 valence electrons. The van der Waals surface area contributed by atoms with Gasteiger partial charge in [0.25, 0.3) is 0 Å². The van der Waals surface area contributed by atoms with Crippen LogP contribution in [0, 0.1) is 0 Å². The first kappa shape index (κ1) is 9.81. The molecule has 0 aromatic heterocycles. The van der Waals surface area contributed by atoms with Gasteiger partial charge in [-0.15, -0.1) is 0 Å². The highest BCUT2D eigenvalue weighted by Gasteiger charge is 2.26. The predicted octanol–water partition coefficient (Wildman–Crippen LogP) is 2.55. The third-order valence-electron chi connectivity index (χ3n) is 2.66. The zero-order valence-electron chi connectivity index (χ0n) is 8.16. The Bertz CT molecular complexity index is 340. The largest absolute Gasteiger partial charge is 0.489 e. The smallest absolute Gasteiger partial charge is 0.141 e. The topological polar surface area (TPSA) is 35.2 Å². The molecule has 3 heteroatoms. The van der Waals surface area contributed by atoms with Gasteiger partial charge >= 0.3 is 0 Å². The van der Waals surface area contributed by atoms with Crippen molar-refractivity contribution in [3.05, 3.63) is 28.8 Å². The number of benzene rings is 1.